The molecular formula is C32H20BrClO. The van der Waals surface area contributed by atoms with Crippen LogP contribution in [0.2, 0.25) is 5.02 Å². The van der Waals surface area contributed by atoms with E-state index < -0.39 is 0 Å². The fourth-order valence-corrected chi connectivity index (χ4v) is 6.46. The van der Waals surface area contributed by atoms with E-state index in [0.717, 1.165) is 37.0 Å². The second-order valence-electron chi connectivity index (χ2n) is 9.34. The van der Waals surface area contributed by atoms with E-state index >= 15 is 0 Å². The molecule has 5 aromatic carbocycles. The third-order valence-electron chi connectivity index (χ3n) is 7.50. The van der Waals surface area contributed by atoms with Gasteiger partial charge in [-0.1, -0.05) is 94.3 Å². The second kappa shape index (κ2) is 7.58. The lowest BCUT2D eigenvalue weighted by Crippen LogP contribution is -2.22. The predicted octanol–water partition coefficient (Wildman–Crippen LogP) is 10.0. The lowest BCUT2D eigenvalue weighted by molar-refractivity contribution is 0.669. The monoisotopic (exact) mass is 534 g/mol. The predicted molar refractivity (Wildman–Crippen MR) is 149 cm³/mol. The second-order valence-corrected chi connectivity index (χ2v) is 10.7. The third-order valence-corrected chi connectivity index (χ3v) is 8.31. The Hall–Kier alpha value is -3.33. The molecular weight excluding hydrogens is 516 g/mol. The Balaban J connectivity index is 1.54. The molecule has 1 atom stereocenters. The quantitative estimate of drug-likeness (QED) is 0.215. The van der Waals surface area contributed by atoms with Gasteiger partial charge >= 0.3 is 0 Å². The summed E-state index contributed by atoms with van der Waals surface area (Å²) in [6.45, 7) is 2.32. The van der Waals surface area contributed by atoms with E-state index in [1.165, 1.54) is 33.4 Å². The summed E-state index contributed by atoms with van der Waals surface area (Å²) in [7, 11) is 0. The highest BCUT2D eigenvalue weighted by molar-refractivity contribution is 9.10. The number of furan rings is 1. The zero-order chi connectivity index (χ0) is 23.7. The highest BCUT2D eigenvalue weighted by Gasteiger charge is 2.41. The normalized spacial score (nSPS) is 16.5. The largest absolute Gasteiger partial charge is 0.456 e. The molecule has 168 valence electrons. The molecule has 0 fully saturated rings. The van der Waals surface area contributed by atoms with Crippen molar-refractivity contribution >= 4 is 49.5 Å². The summed E-state index contributed by atoms with van der Waals surface area (Å²) in [5.74, 6) is 0. The molecule has 1 aliphatic carbocycles. The van der Waals surface area contributed by atoms with Gasteiger partial charge in [0.05, 0.1) is 0 Å². The van der Waals surface area contributed by atoms with E-state index in [-0.39, 0.29) is 5.41 Å². The molecule has 1 aliphatic rings. The van der Waals surface area contributed by atoms with Crippen LogP contribution in [0.4, 0.5) is 0 Å². The van der Waals surface area contributed by atoms with Crippen molar-refractivity contribution in [3.05, 3.63) is 129 Å². The van der Waals surface area contributed by atoms with Crippen LogP contribution in [-0.4, -0.2) is 0 Å². The molecule has 0 spiro atoms. The average Bonchev–Trinajstić information content (AvgIpc) is 3.38. The van der Waals surface area contributed by atoms with Gasteiger partial charge in [-0.05, 0) is 76.7 Å². The van der Waals surface area contributed by atoms with Gasteiger partial charge in [-0.15, -0.1) is 0 Å². The van der Waals surface area contributed by atoms with Gasteiger partial charge in [0.15, 0.2) is 0 Å². The van der Waals surface area contributed by atoms with Crippen molar-refractivity contribution in [2.75, 3.05) is 0 Å². The number of benzene rings is 5. The molecule has 7 rings (SSSR count). The lowest BCUT2D eigenvalue weighted by atomic mass is 9.74. The Morgan fingerprint density at radius 2 is 1.54 bits per heavy atom. The van der Waals surface area contributed by atoms with E-state index in [9.17, 15) is 0 Å². The number of hydrogen-bond acceptors (Lipinski definition) is 1. The molecule has 0 saturated carbocycles. The highest BCUT2D eigenvalue weighted by Crippen LogP contribution is 2.55. The Morgan fingerprint density at radius 3 is 2.40 bits per heavy atom. The minimum absolute atomic E-state index is 0.303. The first kappa shape index (κ1) is 21.0. The summed E-state index contributed by atoms with van der Waals surface area (Å²) < 4.78 is 7.24. The zero-order valence-electron chi connectivity index (χ0n) is 19.0. The Labute approximate surface area is 217 Å². The summed E-state index contributed by atoms with van der Waals surface area (Å²) >= 11 is 10.4. The van der Waals surface area contributed by atoms with Gasteiger partial charge in [-0.2, -0.15) is 0 Å². The first-order valence-corrected chi connectivity index (χ1v) is 12.8. The van der Waals surface area contributed by atoms with E-state index in [1.54, 1.807) is 0 Å². The van der Waals surface area contributed by atoms with Crippen molar-refractivity contribution < 1.29 is 4.42 Å². The molecule has 0 radical (unpaired) electrons. The van der Waals surface area contributed by atoms with Crippen LogP contribution in [0.15, 0.2) is 112 Å². The van der Waals surface area contributed by atoms with Crippen LogP contribution >= 0.6 is 27.5 Å². The zero-order valence-corrected chi connectivity index (χ0v) is 21.3. The van der Waals surface area contributed by atoms with Gasteiger partial charge in [0.2, 0.25) is 0 Å². The number of fused-ring (bicyclic) bond motifs is 6. The summed E-state index contributed by atoms with van der Waals surface area (Å²) in [5, 5.41) is 3.05. The Bertz CT molecular complexity index is 1780. The van der Waals surface area contributed by atoms with Gasteiger partial charge in [-0.25, -0.2) is 0 Å². The van der Waals surface area contributed by atoms with E-state index in [1.807, 2.05) is 24.3 Å². The van der Waals surface area contributed by atoms with Crippen molar-refractivity contribution in [3.8, 4) is 22.3 Å². The lowest BCUT2D eigenvalue weighted by Gasteiger charge is -2.28. The van der Waals surface area contributed by atoms with Crippen molar-refractivity contribution in [2.45, 2.75) is 12.3 Å². The van der Waals surface area contributed by atoms with Crippen LogP contribution < -0.4 is 0 Å². The number of rotatable bonds is 2. The summed E-state index contributed by atoms with van der Waals surface area (Å²) in [6.07, 6.45) is 0. The third kappa shape index (κ3) is 2.94. The minimum Gasteiger partial charge on any atom is -0.456 e. The van der Waals surface area contributed by atoms with Gasteiger partial charge < -0.3 is 4.42 Å². The highest BCUT2D eigenvalue weighted by atomic mass is 79.9. The molecule has 0 N–H and O–H groups in total. The fourth-order valence-electron chi connectivity index (χ4n) is 5.83. The van der Waals surface area contributed by atoms with Gasteiger partial charge in [0.1, 0.15) is 11.2 Å². The number of halogens is 2. The smallest absolute Gasteiger partial charge is 0.136 e. The maximum Gasteiger partial charge on any atom is 0.136 e. The van der Waals surface area contributed by atoms with Crippen LogP contribution in [0, 0.1) is 0 Å². The summed E-state index contributed by atoms with van der Waals surface area (Å²) in [5.41, 5.74) is 9.94. The summed E-state index contributed by atoms with van der Waals surface area (Å²) in [6, 6.07) is 36.3. The van der Waals surface area contributed by atoms with Crippen molar-refractivity contribution in [3.63, 3.8) is 0 Å². The summed E-state index contributed by atoms with van der Waals surface area (Å²) in [4.78, 5) is 0. The molecule has 35 heavy (non-hydrogen) atoms. The van der Waals surface area contributed by atoms with Crippen molar-refractivity contribution in [1.82, 2.24) is 0 Å². The molecule has 1 nitrogen and oxygen atoms in total. The first-order valence-electron chi connectivity index (χ1n) is 11.7. The molecule has 6 aromatic rings. The van der Waals surface area contributed by atoms with Crippen LogP contribution in [0.1, 0.15) is 23.6 Å². The molecule has 0 saturated heterocycles. The molecule has 1 aromatic heterocycles. The molecule has 0 aliphatic heterocycles. The molecule has 0 bridgehead atoms. The maximum absolute atomic E-state index is 6.80. The Morgan fingerprint density at radius 1 is 0.714 bits per heavy atom. The first-order chi connectivity index (χ1) is 17.1. The van der Waals surface area contributed by atoms with Gasteiger partial charge in [0, 0.05) is 31.2 Å². The molecule has 3 heteroatoms. The SMILES string of the molecule is CC1(c2ccccc2)c2cc(-c3cccc4oc5ccc(Br)cc5c34)ccc2-c2c(Cl)cccc21. The maximum atomic E-state index is 6.80. The van der Waals surface area contributed by atoms with Crippen LogP contribution in [0.3, 0.4) is 0 Å². The number of hydrogen-bond donors (Lipinski definition) is 0. The topological polar surface area (TPSA) is 13.1 Å². The van der Waals surface area contributed by atoms with E-state index in [2.05, 4.69) is 102 Å². The van der Waals surface area contributed by atoms with Crippen LogP contribution in [-0.2, 0) is 5.41 Å². The van der Waals surface area contributed by atoms with Crippen molar-refractivity contribution in [1.29, 1.82) is 0 Å². The minimum atomic E-state index is -0.303. The van der Waals surface area contributed by atoms with Crippen LogP contribution in [0.25, 0.3) is 44.2 Å². The molecule has 1 heterocycles. The van der Waals surface area contributed by atoms with Crippen LogP contribution in [0.5, 0.6) is 0 Å². The molecule has 0 amide bonds. The average molecular weight is 536 g/mol. The Kier molecular flexibility index (Phi) is 4.55. The fraction of sp³-hybridized carbons (Fsp3) is 0.0625. The molecule has 1 unspecified atom stereocenters. The van der Waals surface area contributed by atoms with E-state index in [4.69, 9.17) is 16.0 Å². The van der Waals surface area contributed by atoms with Gasteiger partial charge in [0.25, 0.3) is 0 Å². The van der Waals surface area contributed by atoms with Crippen molar-refractivity contribution in [2.24, 2.45) is 0 Å². The van der Waals surface area contributed by atoms with Gasteiger partial charge in [-0.3, -0.25) is 0 Å². The van der Waals surface area contributed by atoms with E-state index in [0.29, 0.717) is 0 Å². The standard InChI is InChI=1S/C32H20BrClO/c1-32(20-7-3-2-4-8-20)25-10-6-11-27(34)31(25)23-15-13-19(17-26(23)32)22-9-5-12-29-30(22)24-18-21(33)14-16-28(24)35-29/h2-18H,1H3.